The fourth-order valence-electron chi connectivity index (χ4n) is 4.08. The lowest BCUT2D eigenvalue weighted by atomic mass is 9.87. The smallest absolute Gasteiger partial charge is 0.254 e. The van der Waals surface area contributed by atoms with Crippen molar-refractivity contribution in [1.29, 1.82) is 0 Å². The SMILES string of the molecule is CC(C)(C)C[C@@H]1CCCN1C(=O)c1cccc(CN2CCCC2=O)c1. The van der Waals surface area contributed by atoms with E-state index in [1.807, 2.05) is 29.2 Å². The molecule has 2 heterocycles. The highest BCUT2D eigenvalue weighted by atomic mass is 16.2. The molecule has 0 aliphatic carbocycles. The van der Waals surface area contributed by atoms with Crippen LogP contribution in [-0.2, 0) is 11.3 Å². The Kier molecular flexibility index (Phi) is 5.16. The minimum Gasteiger partial charge on any atom is -0.338 e. The molecular formula is C21H30N2O2. The van der Waals surface area contributed by atoms with E-state index in [1.54, 1.807) is 0 Å². The molecule has 0 aromatic heterocycles. The van der Waals surface area contributed by atoms with Crippen molar-refractivity contribution in [3.8, 4) is 0 Å². The molecule has 2 fully saturated rings. The summed E-state index contributed by atoms with van der Waals surface area (Å²) in [5.41, 5.74) is 2.03. The molecule has 2 amide bonds. The van der Waals surface area contributed by atoms with Gasteiger partial charge in [0.05, 0.1) is 0 Å². The predicted octanol–water partition coefficient (Wildman–Crippen LogP) is 3.85. The van der Waals surface area contributed by atoms with E-state index >= 15 is 0 Å². The van der Waals surface area contributed by atoms with Crippen molar-refractivity contribution >= 4 is 11.8 Å². The molecule has 4 nitrogen and oxygen atoms in total. The van der Waals surface area contributed by atoms with Crippen LogP contribution in [0.3, 0.4) is 0 Å². The molecule has 0 radical (unpaired) electrons. The molecule has 1 aromatic rings. The third-order valence-electron chi connectivity index (χ3n) is 5.20. The Balaban J connectivity index is 1.71. The normalized spacial score (nSPS) is 21.2. The van der Waals surface area contributed by atoms with Gasteiger partial charge in [-0.1, -0.05) is 32.9 Å². The molecule has 136 valence electrons. The number of amides is 2. The molecule has 3 rings (SSSR count). The van der Waals surface area contributed by atoms with Gasteiger partial charge in [0.2, 0.25) is 5.91 Å². The van der Waals surface area contributed by atoms with Crippen LogP contribution < -0.4 is 0 Å². The lowest BCUT2D eigenvalue weighted by Crippen LogP contribution is -2.37. The van der Waals surface area contributed by atoms with Crippen LogP contribution in [0.25, 0.3) is 0 Å². The van der Waals surface area contributed by atoms with Crippen LogP contribution in [0.1, 0.15) is 68.8 Å². The maximum absolute atomic E-state index is 13.0. The first-order chi connectivity index (χ1) is 11.8. The number of nitrogens with zero attached hydrogens (tertiary/aromatic N) is 2. The molecule has 2 aliphatic heterocycles. The standard InChI is InChI=1S/C21H30N2O2/c1-21(2,3)14-18-9-5-12-23(18)20(25)17-8-4-7-16(13-17)15-22-11-6-10-19(22)24/h4,7-8,13,18H,5-6,9-12,14-15H2,1-3H3/t18-/m0/s1. The fourth-order valence-corrected chi connectivity index (χ4v) is 4.08. The van der Waals surface area contributed by atoms with E-state index < -0.39 is 0 Å². The summed E-state index contributed by atoms with van der Waals surface area (Å²) in [4.78, 5) is 28.8. The topological polar surface area (TPSA) is 40.6 Å². The predicted molar refractivity (Wildman–Crippen MR) is 99.2 cm³/mol. The van der Waals surface area contributed by atoms with Gasteiger partial charge in [-0.05, 0) is 48.8 Å². The van der Waals surface area contributed by atoms with E-state index in [2.05, 4.69) is 25.7 Å². The van der Waals surface area contributed by atoms with Crippen LogP contribution in [0.2, 0.25) is 0 Å². The number of likely N-dealkylation sites (tertiary alicyclic amines) is 2. The highest BCUT2D eigenvalue weighted by Crippen LogP contribution is 2.31. The summed E-state index contributed by atoms with van der Waals surface area (Å²) in [6, 6.07) is 8.18. The zero-order valence-electron chi connectivity index (χ0n) is 15.8. The van der Waals surface area contributed by atoms with E-state index in [0.717, 1.165) is 49.9 Å². The Morgan fingerprint density at radius 3 is 2.68 bits per heavy atom. The summed E-state index contributed by atoms with van der Waals surface area (Å²) in [5.74, 6) is 0.364. The third-order valence-corrected chi connectivity index (χ3v) is 5.20. The fraction of sp³-hybridized carbons (Fsp3) is 0.619. The molecule has 0 N–H and O–H groups in total. The van der Waals surface area contributed by atoms with E-state index in [4.69, 9.17) is 0 Å². The van der Waals surface area contributed by atoms with Crippen molar-refractivity contribution in [1.82, 2.24) is 9.80 Å². The van der Waals surface area contributed by atoms with Gasteiger partial charge in [0.15, 0.2) is 0 Å². The Morgan fingerprint density at radius 2 is 2.00 bits per heavy atom. The summed E-state index contributed by atoms with van der Waals surface area (Å²) in [5, 5.41) is 0. The number of benzene rings is 1. The summed E-state index contributed by atoms with van der Waals surface area (Å²) in [6.45, 7) is 9.02. The Hall–Kier alpha value is -1.84. The number of hydrogen-bond donors (Lipinski definition) is 0. The number of carbonyl (C=O) groups is 2. The van der Waals surface area contributed by atoms with Crippen LogP contribution in [0.4, 0.5) is 0 Å². The summed E-state index contributed by atoms with van der Waals surface area (Å²) < 4.78 is 0. The van der Waals surface area contributed by atoms with Crippen molar-refractivity contribution < 1.29 is 9.59 Å². The summed E-state index contributed by atoms with van der Waals surface area (Å²) in [6.07, 6.45) is 4.83. The molecule has 0 spiro atoms. The van der Waals surface area contributed by atoms with Gasteiger partial charge in [-0.3, -0.25) is 9.59 Å². The maximum Gasteiger partial charge on any atom is 0.254 e. The zero-order valence-corrected chi connectivity index (χ0v) is 15.8. The van der Waals surface area contributed by atoms with Crippen molar-refractivity contribution in [2.45, 2.75) is 65.5 Å². The molecule has 2 aliphatic rings. The lowest BCUT2D eigenvalue weighted by Gasteiger charge is -2.30. The first-order valence-electron chi connectivity index (χ1n) is 9.51. The minimum atomic E-state index is 0.140. The van der Waals surface area contributed by atoms with Crippen LogP contribution >= 0.6 is 0 Å². The van der Waals surface area contributed by atoms with Gasteiger partial charge in [-0.2, -0.15) is 0 Å². The third kappa shape index (κ3) is 4.42. The Labute approximate surface area is 151 Å². The second-order valence-electron chi connectivity index (χ2n) is 8.68. The van der Waals surface area contributed by atoms with E-state index in [0.29, 0.717) is 19.0 Å². The quantitative estimate of drug-likeness (QED) is 0.834. The van der Waals surface area contributed by atoms with Gasteiger partial charge in [0.25, 0.3) is 5.91 Å². The van der Waals surface area contributed by atoms with Crippen molar-refractivity contribution in [2.75, 3.05) is 13.1 Å². The molecule has 1 aromatic carbocycles. The van der Waals surface area contributed by atoms with Crippen LogP contribution in [0.15, 0.2) is 24.3 Å². The molecule has 25 heavy (non-hydrogen) atoms. The van der Waals surface area contributed by atoms with E-state index in [9.17, 15) is 9.59 Å². The zero-order chi connectivity index (χ0) is 18.0. The van der Waals surface area contributed by atoms with Gasteiger partial charge in [0, 0.05) is 37.7 Å². The van der Waals surface area contributed by atoms with E-state index in [1.165, 1.54) is 0 Å². The molecule has 0 unspecified atom stereocenters. The monoisotopic (exact) mass is 342 g/mol. The Bertz CT molecular complexity index is 648. The highest BCUT2D eigenvalue weighted by Gasteiger charge is 2.32. The first-order valence-corrected chi connectivity index (χ1v) is 9.51. The van der Waals surface area contributed by atoms with Crippen LogP contribution in [0.5, 0.6) is 0 Å². The van der Waals surface area contributed by atoms with Crippen molar-refractivity contribution in [3.63, 3.8) is 0 Å². The molecule has 1 atom stereocenters. The second kappa shape index (κ2) is 7.19. The molecule has 0 bridgehead atoms. The van der Waals surface area contributed by atoms with Crippen LogP contribution in [-0.4, -0.2) is 40.7 Å². The highest BCUT2D eigenvalue weighted by molar-refractivity contribution is 5.94. The van der Waals surface area contributed by atoms with E-state index in [-0.39, 0.29) is 17.2 Å². The van der Waals surface area contributed by atoms with Crippen molar-refractivity contribution in [3.05, 3.63) is 35.4 Å². The van der Waals surface area contributed by atoms with Gasteiger partial charge in [-0.25, -0.2) is 0 Å². The van der Waals surface area contributed by atoms with Crippen LogP contribution in [0, 0.1) is 5.41 Å². The maximum atomic E-state index is 13.0. The van der Waals surface area contributed by atoms with Gasteiger partial charge >= 0.3 is 0 Å². The number of carbonyl (C=O) groups excluding carboxylic acids is 2. The Morgan fingerprint density at radius 1 is 1.20 bits per heavy atom. The van der Waals surface area contributed by atoms with Crippen molar-refractivity contribution in [2.24, 2.45) is 5.41 Å². The second-order valence-corrected chi connectivity index (χ2v) is 8.68. The van der Waals surface area contributed by atoms with Gasteiger partial charge in [0.1, 0.15) is 0 Å². The molecule has 4 heteroatoms. The number of rotatable bonds is 4. The average Bonchev–Trinajstić information content (AvgIpc) is 3.15. The molecule has 0 saturated carbocycles. The first kappa shape index (κ1) is 18.0. The average molecular weight is 342 g/mol. The lowest BCUT2D eigenvalue weighted by molar-refractivity contribution is -0.128. The largest absolute Gasteiger partial charge is 0.338 e. The molecular weight excluding hydrogens is 312 g/mol. The van der Waals surface area contributed by atoms with Gasteiger partial charge < -0.3 is 9.80 Å². The minimum absolute atomic E-state index is 0.140. The summed E-state index contributed by atoms with van der Waals surface area (Å²) >= 11 is 0. The summed E-state index contributed by atoms with van der Waals surface area (Å²) in [7, 11) is 0. The van der Waals surface area contributed by atoms with Gasteiger partial charge in [-0.15, -0.1) is 0 Å². The number of hydrogen-bond acceptors (Lipinski definition) is 2. The molecule has 2 saturated heterocycles.